The van der Waals surface area contributed by atoms with E-state index in [0.29, 0.717) is 5.56 Å². The van der Waals surface area contributed by atoms with Crippen LogP contribution in [0.25, 0.3) is 0 Å². The van der Waals surface area contributed by atoms with Crippen molar-refractivity contribution in [2.45, 2.75) is 20.8 Å². The molecule has 0 spiro atoms. The molecule has 1 aromatic heterocycles. The highest BCUT2D eigenvalue weighted by atomic mass is 31.2. The maximum Gasteiger partial charge on any atom is 0.359 e. The first-order chi connectivity index (χ1) is 12.4. The maximum absolute atomic E-state index is 12.6. The van der Waals surface area contributed by atoms with Crippen LogP contribution in [0.2, 0.25) is 0 Å². The lowest BCUT2D eigenvalue weighted by molar-refractivity contribution is 0.103. The van der Waals surface area contributed by atoms with E-state index in [1.54, 1.807) is 51.1 Å². The lowest BCUT2D eigenvalue weighted by Crippen LogP contribution is -2.16. The molecule has 0 amide bonds. The lowest BCUT2D eigenvalue weighted by atomic mass is 10.0. The Bertz CT molecular complexity index is 852. The Labute approximate surface area is 151 Å². The van der Waals surface area contributed by atoms with Crippen LogP contribution in [-0.2, 0) is 13.6 Å². The van der Waals surface area contributed by atoms with Gasteiger partial charge in [0.1, 0.15) is 17.7 Å². The standard InChI is InChI=1S/C18H22NO6P/c1-4-23-26(22,24-5-2)12-19-16-11-15(13(3)25-18(16)21)17(20)14-9-7-6-8-10-14/h6-11,19H,4-5,12H2,1-3H3. The Morgan fingerprint density at radius 3 is 2.35 bits per heavy atom. The first-order valence-corrected chi connectivity index (χ1v) is 9.99. The van der Waals surface area contributed by atoms with E-state index in [1.165, 1.54) is 6.07 Å². The molecule has 1 aromatic carbocycles. The van der Waals surface area contributed by atoms with E-state index in [2.05, 4.69) is 5.32 Å². The van der Waals surface area contributed by atoms with E-state index in [1.807, 2.05) is 0 Å². The van der Waals surface area contributed by atoms with Gasteiger partial charge in [-0.05, 0) is 26.8 Å². The fourth-order valence-corrected chi connectivity index (χ4v) is 3.76. The van der Waals surface area contributed by atoms with E-state index < -0.39 is 13.2 Å². The number of benzene rings is 1. The Morgan fingerprint density at radius 1 is 1.15 bits per heavy atom. The number of rotatable bonds is 9. The summed E-state index contributed by atoms with van der Waals surface area (Å²) in [6.07, 6.45) is -0.207. The quantitative estimate of drug-likeness (QED) is 0.523. The molecule has 0 saturated heterocycles. The van der Waals surface area contributed by atoms with Crippen LogP contribution in [0, 0.1) is 6.92 Å². The smallest absolute Gasteiger partial charge is 0.359 e. The number of aryl methyl sites for hydroxylation is 1. The second kappa shape index (κ2) is 8.94. The number of nitrogens with one attached hydrogen (secondary N) is 1. The van der Waals surface area contributed by atoms with Gasteiger partial charge in [0.15, 0.2) is 5.78 Å². The summed E-state index contributed by atoms with van der Waals surface area (Å²) in [5.41, 5.74) is 0.0897. The number of carbonyl (C=O) groups is 1. The minimum absolute atomic E-state index is 0.0227. The number of hydrogen-bond acceptors (Lipinski definition) is 7. The average molecular weight is 379 g/mol. The molecule has 140 valence electrons. The second-order valence-corrected chi connectivity index (χ2v) is 7.45. The SMILES string of the molecule is CCOP(=O)(CNc1cc(C(=O)c2ccccc2)c(C)oc1=O)OCC. The highest BCUT2D eigenvalue weighted by Gasteiger charge is 2.24. The number of anilines is 1. The molecule has 2 aromatic rings. The molecule has 1 heterocycles. The van der Waals surface area contributed by atoms with Gasteiger partial charge in [-0.15, -0.1) is 0 Å². The molecule has 0 aliphatic heterocycles. The zero-order valence-electron chi connectivity index (χ0n) is 15.0. The Hall–Kier alpha value is -2.21. The third kappa shape index (κ3) is 4.91. The number of carbonyl (C=O) groups excluding carboxylic acids is 1. The van der Waals surface area contributed by atoms with Crippen molar-refractivity contribution in [1.29, 1.82) is 0 Å². The summed E-state index contributed by atoms with van der Waals surface area (Å²) >= 11 is 0. The second-order valence-electron chi connectivity index (χ2n) is 5.39. The van der Waals surface area contributed by atoms with Crippen molar-refractivity contribution in [2.24, 2.45) is 0 Å². The monoisotopic (exact) mass is 379 g/mol. The molecule has 0 radical (unpaired) electrons. The van der Waals surface area contributed by atoms with Crippen molar-refractivity contribution in [2.75, 3.05) is 24.8 Å². The Kier molecular flexibility index (Phi) is 6.91. The molecule has 0 saturated carbocycles. The van der Waals surface area contributed by atoms with Gasteiger partial charge in [-0.3, -0.25) is 9.36 Å². The fraction of sp³-hybridized carbons (Fsp3) is 0.333. The normalized spacial score (nSPS) is 11.3. The zero-order valence-corrected chi connectivity index (χ0v) is 15.9. The minimum atomic E-state index is -3.39. The summed E-state index contributed by atoms with van der Waals surface area (Å²) < 4.78 is 28.0. The van der Waals surface area contributed by atoms with E-state index in [4.69, 9.17) is 13.5 Å². The molecular formula is C18H22NO6P. The number of hydrogen-bond donors (Lipinski definition) is 1. The molecule has 0 bridgehead atoms. The van der Waals surface area contributed by atoms with Crippen LogP contribution >= 0.6 is 7.60 Å². The van der Waals surface area contributed by atoms with E-state index >= 15 is 0 Å². The van der Waals surface area contributed by atoms with Gasteiger partial charge in [-0.2, -0.15) is 0 Å². The third-order valence-corrected chi connectivity index (χ3v) is 5.38. The van der Waals surface area contributed by atoms with E-state index in [9.17, 15) is 14.2 Å². The van der Waals surface area contributed by atoms with Crippen molar-refractivity contribution in [3.63, 3.8) is 0 Å². The predicted octanol–water partition coefficient (Wildman–Crippen LogP) is 3.81. The fourth-order valence-electron chi connectivity index (χ4n) is 2.35. The first kappa shape index (κ1) is 20.1. The summed E-state index contributed by atoms with van der Waals surface area (Å²) in [6, 6.07) is 10.1. The highest BCUT2D eigenvalue weighted by molar-refractivity contribution is 7.53. The Balaban J connectivity index is 2.29. The molecule has 26 heavy (non-hydrogen) atoms. The molecule has 0 aliphatic carbocycles. The van der Waals surface area contributed by atoms with Gasteiger partial charge in [-0.1, -0.05) is 30.3 Å². The van der Waals surface area contributed by atoms with Crippen LogP contribution in [0.5, 0.6) is 0 Å². The largest absolute Gasteiger partial charge is 0.426 e. The van der Waals surface area contributed by atoms with Gasteiger partial charge in [0, 0.05) is 5.56 Å². The molecule has 2 rings (SSSR count). The Morgan fingerprint density at radius 2 is 1.77 bits per heavy atom. The summed E-state index contributed by atoms with van der Waals surface area (Å²) in [5, 5.41) is 2.73. The summed E-state index contributed by atoms with van der Waals surface area (Å²) in [7, 11) is -3.39. The van der Waals surface area contributed by atoms with Gasteiger partial charge in [0.2, 0.25) is 0 Å². The van der Waals surface area contributed by atoms with Crippen molar-refractivity contribution < 1.29 is 22.8 Å². The summed E-state index contributed by atoms with van der Waals surface area (Å²) in [5.74, 6) is -0.0556. The van der Waals surface area contributed by atoms with Crippen LogP contribution < -0.4 is 10.9 Å². The van der Waals surface area contributed by atoms with Gasteiger partial charge in [0.05, 0.1) is 18.8 Å². The van der Waals surface area contributed by atoms with Gasteiger partial charge in [-0.25, -0.2) is 4.79 Å². The molecule has 1 N–H and O–H groups in total. The van der Waals surface area contributed by atoms with E-state index in [-0.39, 0.29) is 42.3 Å². The average Bonchev–Trinajstić information content (AvgIpc) is 2.62. The summed E-state index contributed by atoms with van der Waals surface area (Å²) in [6.45, 7) is 5.36. The topological polar surface area (TPSA) is 94.8 Å². The maximum atomic E-state index is 12.6. The molecule has 0 atom stereocenters. The van der Waals surface area contributed by atoms with Crippen LogP contribution in [0.15, 0.2) is 45.6 Å². The van der Waals surface area contributed by atoms with Gasteiger partial charge < -0.3 is 18.8 Å². The van der Waals surface area contributed by atoms with Crippen LogP contribution in [0.3, 0.4) is 0 Å². The number of ketones is 1. The third-order valence-electron chi connectivity index (χ3n) is 3.53. The first-order valence-electron chi connectivity index (χ1n) is 8.26. The lowest BCUT2D eigenvalue weighted by Gasteiger charge is -2.17. The van der Waals surface area contributed by atoms with Crippen LogP contribution in [-0.4, -0.2) is 25.3 Å². The van der Waals surface area contributed by atoms with Crippen LogP contribution in [0.1, 0.15) is 35.5 Å². The van der Waals surface area contributed by atoms with Crippen molar-refractivity contribution in [1.82, 2.24) is 0 Å². The highest BCUT2D eigenvalue weighted by Crippen LogP contribution is 2.47. The van der Waals surface area contributed by atoms with E-state index in [0.717, 1.165) is 0 Å². The molecular weight excluding hydrogens is 357 g/mol. The molecule has 0 fully saturated rings. The molecule has 0 unspecified atom stereocenters. The van der Waals surface area contributed by atoms with Crippen molar-refractivity contribution >= 4 is 19.1 Å². The van der Waals surface area contributed by atoms with Gasteiger partial charge in [0.25, 0.3) is 0 Å². The van der Waals surface area contributed by atoms with Crippen LogP contribution in [0.4, 0.5) is 5.69 Å². The van der Waals surface area contributed by atoms with Gasteiger partial charge >= 0.3 is 13.2 Å². The molecule has 7 nitrogen and oxygen atoms in total. The molecule has 0 aliphatic rings. The van der Waals surface area contributed by atoms with Crippen molar-refractivity contribution in [3.05, 3.63) is 63.7 Å². The minimum Gasteiger partial charge on any atom is -0.426 e. The predicted molar refractivity (Wildman–Crippen MR) is 98.9 cm³/mol. The molecule has 8 heteroatoms. The zero-order chi connectivity index (χ0) is 19.2. The van der Waals surface area contributed by atoms with Crippen molar-refractivity contribution in [3.8, 4) is 0 Å². The summed E-state index contributed by atoms with van der Waals surface area (Å²) in [4.78, 5) is 24.7.